The van der Waals surface area contributed by atoms with Crippen LogP contribution in [-0.4, -0.2) is 12.1 Å². The quantitative estimate of drug-likeness (QED) is 0.747. The van der Waals surface area contributed by atoms with Crippen molar-refractivity contribution >= 4 is 0 Å². The second-order valence-electron chi connectivity index (χ2n) is 3.01. The Balaban J connectivity index is 2.37. The average molecular weight is 202 g/mol. The largest absolute Gasteiger partial charge is 0.481 e. The Kier molecular flexibility index (Phi) is 2.63. The summed E-state index contributed by atoms with van der Waals surface area (Å²) in [7, 11) is 1.55. The van der Waals surface area contributed by atoms with E-state index in [1.807, 2.05) is 6.07 Å². The summed E-state index contributed by atoms with van der Waals surface area (Å²) in [5.41, 5.74) is 1.63. The predicted molar refractivity (Wildman–Crippen MR) is 55.0 cm³/mol. The van der Waals surface area contributed by atoms with Gasteiger partial charge in [-0.2, -0.15) is 0 Å². The molecule has 0 atom stereocenters. The summed E-state index contributed by atoms with van der Waals surface area (Å²) < 4.78 is 17.8. The molecule has 0 spiro atoms. The second-order valence-corrected chi connectivity index (χ2v) is 3.01. The number of methoxy groups -OCH3 is 1. The zero-order valence-electron chi connectivity index (χ0n) is 8.20. The molecule has 0 amide bonds. The molecule has 3 heteroatoms. The molecule has 0 saturated heterocycles. The number of hydrogen-bond donors (Lipinski definition) is 0. The molecule has 1 aromatic carbocycles. The molecule has 0 unspecified atom stereocenters. The minimum atomic E-state index is -0.372. The molecular formula is C12H9FNO. The van der Waals surface area contributed by atoms with Crippen LogP contribution in [0.2, 0.25) is 0 Å². The minimum absolute atomic E-state index is 0.372. The Morgan fingerprint density at radius 3 is 2.73 bits per heavy atom. The van der Waals surface area contributed by atoms with Crippen LogP contribution < -0.4 is 4.74 Å². The SMILES string of the molecule is COc1ccc(-c2cc[c]c(F)c2)cn1. The van der Waals surface area contributed by atoms with Gasteiger partial charge in [-0.15, -0.1) is 0 Å². The van der Waals surface area contributed by atoms with Gasteiger partial charge in [0.05, 0.1) is 7.11 Å². The molecule has 0 aliphatic heterocycles. The van der Waals surface area contributed by atoms with Crippen LogP contribution in [0.3, 0.4) is 0 Å². The van der Waals surface area contributed by atoms with Crippen LogP contribution in [-0.2, 0) is 0 Å². The summed E-state index contributed by atoms with van der Waals surface area (Å²) in [6.45, 7) is 0. The van der Waals surface area contributed by atoms with Gasteiger partial charge in [-0.25, -0.2) is 9.37 Å². The van der Waals surface area contributed by atoms with Crippen molar-refractivity contribution in [2.75, 3.05) is 7.11 Å². The Bertz CT molecular complexity index is 453. The van der Waals surface area contributed by atoms with E-state index in [-0.39, 0.29) is 5.82 Å². The van der Waals surface area contributed by atoms with Gasteiger partial charge >= 0.3 is 0 Å². The molecule has 2 rings (SSSR count). The number of rotatable bonds is 2. The van der Waals surface area contributed by atoms with Crippen molar-refractivity contribution in [2.24, 2.45) is 0 Å². The molecule has 0 aliphatic carbocycles. The van der Waals surface area contributed by atoms with Gasteiger partial charge in [0.1, 0.15) is 5.82 Å². The number of pyridine rings is 1. The van der Waals surface area contributed by atoms with Crippen LogP contribution in [0.5, 0.6) is 5.88 Å². The standard InChI is InChI=1S/C12H9FNO/c1-15-12-6-5-10(8-14-12)9-3-2-4-11(13)7-9/h2-3,5-8H,1H3. The summed E-state index contributed by atoms with van der Waals surface area (Å²) in [5.74, 6) is 0.171. The highest BCUT2D eigenvalue weighted by Gasteiger charge is 2.00. The molecule has 1 heterocycles. The van der Waals surface area contributed by atoms with Gasteiger partial charge in [0, 0.05) is 23.9 Å². The van der Waals surface area contributed by atoms with Crippen molar-refractivity contribution in [2.45, 2.75) is 0 Å². The molecule has 0 fully saturated rings. The van der Waals surface area contributed by atoms with Crippen molar-refractivity contribution in [1.82, 2.24) is 4.98 Å². The fraction of sp³-hybridized carbons (Fsp3) is 0.0833. The summed E-state index contributed by atoms with van der Waals surface area (Å²) in [6, 6.07) is 10.8. The number of ether oxygens (including phenoxy) is 1. The topological polar surface area (TPSA) is 22.1 Å². The van der Waals surface area contributed by atoms with Gasteiger partial charge in [0.25, 0.3) is 0 Å². The van der Waals surface area contributed by atoms with Crippen LogP contribution in [0.1, 0.15) is 0 Å². The highest BCUT2D eigenvalue weighted by Crippen LogP contribution is 2.20. The molecule has 1 aromatic heterocycles. The van der Waals surface area contributed by atoms with Gasteiger partial charge in [0.15, 0.2) is 0 Å². The molecule has 0 N–H and O–H groups in total. The first-order valence-corrected chi connectivity index (χ1v) is 4.47. The third-order valence-electron chi connectivity index (χ3n) is 2.05. The maximum Gasteiger partial charge on any atom is 0.212 e. The second kappa shape index (κ2) is 4.09. The lowest BCUT2D eigenvalue weighted by atomic mass is 10.1. The molecule has 0 bridgehead atoms. The van der Waals surface area contributed by atoms with E-state index in [2.05, 4.69) is 11.1 Å². The highest BCUT2D eigenvalue weighted by molar-refractivity contribution is 5.62. The van der Waals surface area contributed by atoms with Gasteiger partial charge in [-0.05, 0) is 17.7 Å². The van der Waals surface area contributed by atoms with E-state index in [1.54, 1.807) is 31.5 Å². The van der Waals surface area contributed by atoms with E-state index >= 15 is 0 Å². The maximum atomic E-state index is 12.9. The van der Waals surface area contributed by atoms with E-state index in [0.717, 1.165) is 11.1 Å². The fourth-order valence-electron chi connectivity index (χ4n) is 1.29. The number of benzene rings is 1. The number of aromatic nitrogens is 1. The predicted octanol–water partition coefficient (Wildman–Crippen LogP) is 2.70. The molecule has 0 aliphatic rings. The Labute approximate surface area is 87.4 Å². The van der Waals surface area contributed by atoms with Crippen LogP contribution in [0.15, 0.2) is 36.5 Å². The van der Waals surface area contributed by atoms with Crippen molar-refractivity contribution in [3.63, 3.8) is 0 Å². The molecule has 0 saturated carbocycles. The van der Waals surface area contributed by atoms with Crippen molar-refractivity contribution < 1.29 is 9.13 Å². The van der Waals surface area contributed by atoms with Crippen molar-refractivity contribution in [3.05, 3.63) is 48.4 Å². The summed E-state index contributed by atoms with van der Waals surface area (Å²) >= 11 is 0. The highest BCUT2D eigenvalue weighted by atomic mass is 19.1. The van der Waals surface area contributed by atoms with Gasteiger partial charge in [0.2, 0.25) is 5.88 Å². The van der Waals surface area contributed by atoms with Crippen LogP contribution in [0, 0.1) is 11.9 Å². The lowest BCUT2D eigenvalue weighted by Gasteiger charge is -2.02. The zero-order chi connectivity index (χ0) is 10.7. The van der Waals surface area contributed by atoms with Gasteiger partial charge < -0.3 is 4.74 Å². The third-order valence-corrected chi connectivity index (χ3v) is 2.05. The molecule has 2 aromatic rings. The number of halogens is 1. The fourth-order valence-corrected chi connectivity index (χ4v) is 1.29. The van der Waals surface area contributed by atoms with E-state index in [0.29, 0.717) is 5.88 Å². The van der Waals surface area contributed by atoms with E-state index in [1.165, 1.54) is 6.07 Å². The molecule has 1 radical (unpaired) electrons. The summed E-state index contributed by atoms with van der Waals surface area (Å²) in [6.07, 6.45) is 1.65. The summed E-state index contributed by atoms with van der Waals surface area (Å²) in [5, 5.41) is 0. The minimum Gasteiger partial charge on any atom is -0.481 e. The first-order chi connectivity index (χ1) is 7.29. The Morgan fingerprint density at radius 2 is 2.13 bits per heavy atom. The molecular weight excluding hydrogens is 193 g/mol. The van der Waals surface area contributed by atoms with E-state index in [9.17, 15) is 4.39 Å². The average Bonchev–Trinajstić information content (AvgIpc) is 2.29. The smallest absolute Gasteiger partial charge is 0.212 e. The molecule has 75 valence electrons. The van der Waals surface area contributed by atoms with E-state index in [4.69, 9.17) is 4.74 Å². The van der Waals surface area contributed by atoms with Gasteiger partial charge in [-0.3, -0.25) is 0 Å². The zero-order valence-corrected chi connectivity index (χ0v) is 8.20. The first kappa shape index (κ1) is 9.65. The third kappa shape index (κ3) is 2.13. The van der Waals surface area contributed by atoms with Crippen molar-refractivity contribution in [3.8, 4) is 17.0 Å². The lowest BCUT2D eigenvalue weighted by Crippen LogP contribution is -1.87. The molecule has 2 nitrogen and oxygen atoms in total. The van der Waals surface area contributed by atoms with Crippen LogP contribution in [0.4, 0.5) is 4.39 Å². The van der Waals surface area contributed by atoms with E-state index < -0.39 is 0 Å². The Morgan fingerprint density at radius 1 is 1.27 bits per heavy atom. The monoisotopic (exact) mass is 202 g/mol. The number of hydrogen-bond acceptors (Lipinski definition) is 2. The van der Waals surface area contributed by atoms with Crippen LogP contribution in [0.25, 0.3) is 11.1 Å². The molecule has 15 heavy (non-hydrogen) atoms. The first-order valence-electron chi connectivity index (χ1n) is 4.47. The van der Waals surface area contributed by atoms with Gasteiger partial charge in [-0.1, -0.05) is 12.1 Å². The van der Waals surface area contributed by atoms with Crippen molar-refractivity contribution in [1.29, 1.82) is 0 Å². The summed E-state index contributed by atoms with van der Waals surface area (Å²) in [4.78, 5) is 4.05. The number of nitrogens with zero attached hydrogens (tertiary/aromatic N) is 1. The normalized spacial score (nSPS) is 10.0. The lowest BCUT2D eigenvalue weighted by molar-refractivity contribution is 0.398. The Hall–Kier alpha value is -1.90. The maximum absolute atomic E-state index is 12.9. The van der Waals surface area contributed by atoms with Crippen LogP contribution >= 0.6 is 0 Å².